The van der Waals surface area contributed by atoms with Crippen molar-refractivity contribution in [2.75, 3.05) is 5.73 Å². The standard InChI is InChI=1S/C10H8F3N3/c1-16-10(14)6(4-15-16)5-2-8(12)9(13)3-7(5)11/h2-4H,14H2,1H3. The van der Waals surface area contributed by atoms with Crippen molar-refractivity contribution in [1.82, 2.24) is 9.78 Å². The van der Waals surface area contributed by atoms with Crippen molar-refractivity contribution in [3.63, 3.8) is 0 Å². The summed E-state index contributed by atoms with van der Waals surface area (Å²) in [5, 5.41) is 3.79. The fraction of sp³-hybridized carbons (Fsp3) is 0.100. The third kappa shape index (κ3) is 1.52. The number of halogens is 3. The van der Waals surface area contributed by atoms with Gasteiger partial charge in [-0.2, -0.15) is 5.10 Å². The number of nitrogens with zero attached hydrogens (tertiary/aromatic N) is 2. The molecule has 3 nitrogen and oxygen atoms in total. The average molecular weight is 227 g/mol. The van der Waals surface area contributed by atoms with Crippen molar-refractivity contribution in [1.29, 1.82) is 0 Å². The number of aryl methyl sites for hydroxylation is 1. The Bertz CT molecular complexity index is 548. The second-order valence-electron chi connectivity index (χ2n) is 3.31. The second kappa shape index (κ2) is 3.55. The van der Waals surface area contributed by atoms with Crippen molar-refractivity contribution in [2.24, 2.45) is 7.05 Å². The van der Waals surface area contributed by atoms with Gasteiger partial charge in [-0.25, -0.2) is 13.2 Å². The van der Waals surface area contributed by atoms with E-state index in [1.54, 1.807) is 7.05 Å². The number of nitrogen functional groups attached to an aromatic ring is 1. The summed E-state index contributed by atoms with van der Waals surface area (Å²) in [6.07, 6.45) is 1.30. The molecule has 0 atom stereocenters. The van der Waals surface area contributed by atoms with Crippen LogP contribution in [0.2, 0.25) is 0 Å². The minimum Gasteiger partial charge on any atom is -0.383 e. The molecule has 6 heteroatoms. The molecule has 0 aliphatic heterocycles. The molecule has 0 amide bonds. The third-order valence-electron chi connectivity index (χ3n) is 2.28. The maximum absolute atomic E-state index is 13.4. The first kappa shape index (κ1) is 10.5. The average Bonchev–Trinajstić information content (AvgIpc) is 2.54. The largest absolute Gasteiger partial charge is 0.383 e. The summed E-state index contributed by atoms with van der Waals surface area (Å²) in [6, 6.07) is 1.25. The summed E-state index contributed by atoms with van der Waals surface area (Å²) in [6.45, 7) is 0. The van der Waals surface area contributed by atoms with E-state index in [4.69, 9.17) is 5.73 Å². The van der Waals surface area contributed by atoms with E-state index >= 15 is 0 Å². The summed E-state index contributed by atoms with van der Waals surface area (Å²) in [5.74, 6) is -3.05. The van der Waals surface area contributed by atoms with Crippen LogP contribution < -0.4 is 5.73 Å². The lowest BCUT2D eigenvalue weighted by Gasteiger charge is -2.03. The Kier molecular flexibility index (Phi) is 2.34. The molecule has 2 rings (SSSR count). The highest BCUT2D eigenvalue weighted by atomic mass is 19.2. The van der Waals surface area contributed by atoms with E-state index in [2.05, 4.69) is 5.10 Å². The summed E-state index contributed by atoms with van der Waals surface area (Å²) in [4.78, 5) is 0. The van der Waals surface area contributed by atoms with Crippen molar-refractivity contribution < 1.29 is 13.2 Å². The first-order valence-corrected chi connectivity index (χ1v) is 4.43. The highest BCUT2D eigenvalue weighted by Gasteiger charge is 2.15. The van der Waals surface area contributed by atoms with Crippen LogP contribution in [0.5, 0.6) is 0 Å². The van der Waals surface area contributed by atoms with Gasteiger partial charge in [0.1, 0.15) is 11.6 Å². The first-order valence-electron chi connectivity index (χ1n) is 4.43. The van der Waals surface area contributed by atoms with Crippen LogP contribution in [0, 0.1) is 17.5 Å². The molecule has 1 aromatic carbocycles. The van der Waals surface area contributed by atoms with Crippen molar-refractivity contribution >= 4 is 5.82 Å². The van der Waals surface area contributed by atoms with Gasteiger partial charge in [0.05, 0.1) is 6.20 Å². The SMILES string of the molecule is Cn1ncc(-c2cc(F)c(F)cc2F)c1N. The van der Waals surface area contributed by atoms with E-state index in [1.165, 1.54) is 10.9 Å². The molecule has 0 unspecified atom stereocenters. The number of anilines is 1. The maximum atomic E-state index is 13.4. The summed E-state index contributed by atoms with van der Waals surface area (Å²) >= 11 is 0. The van der Waals surface area contributed by atoms with E-state index in [9.17, 15) is 13.2 Å². The lowest BCUT2D eigenvalue weighted by atomic mass is 10.1. The van der Waals surface area contributed by atoms with E-state index in [-0.39, 0.29) is 16.9 Å². The fourth-order valence-corrected chi connectivity index (χ4v) is 1.38. The van der Waals surface area contributed by atoms with Gasteiger partial charge in [0, 0.05) is 24.2 Å². The quantitative estimate of drug-likeness (QED) is 0.758. The van der Waals surface area contributed by atoms with Crippen LogP contribution in [-0.4, -0.2) is 9.78 Å². The maximum Gasteiger partial charge on any atom is 0.161 e. The van der Waals surface area contributed by atoms with Crippen LogP contribution >= 0.6 is 0 Å². The number of hydrogen-bond donors (Lipinski definition) is 1. The number of benzene rings is 1. The van der Waals surface area contributed by atoms with Gasteiger partial charge in [-0.15, -0.1) is 0 Å². The molecule has 0 radical (unpaired) electrons. The van der Waals surface area contributed by atoms with Crippen LogP contribution in [0.3, 0.4) is 0 Å². The van der Waals surface area contributed by atoms with Gasteiger partial charge in [-0.1, -0.05) is 0 Å². The Labute approximate surface area is 89.3 Å². The zero-order valence-electron chi connectivity index (χ0n) is 8.34. The molecule has 0 aliphatic rings. The molecule has 2 aromatic rings. The molecule has 0 spiro atoms. The van der Waals surface area contributed by atoms with E-state index in [0.29, 0.717) is 6.07 Å². The van der Waals surface area contributed by atoms with Crippen LogP contribution in [-0.2, 0) is 7.05 Å². The minimum absolute atomic E-state index is 0.107. The Morgan fingerprint density at radius 1 is 1.06 bits per heavy atom. The van der Waals surface area contributed by atoms with Crippen molar-refractivity contribution in [3.8, 4) is 11.1 Å². The zero-order valence-corrected chi connectivity index (χ0v) is 8.34. The van der Waals surface area contributed by atoms with Gasteiger partial charge < -0.3 is 5.73 Å². The second-order valence-corrected chi connectivity index (χ2v) is 3.31. The van der Waals surface area contributed by atoms with Gasteiger partial charge in [-0.3, -0.25) is 4.68 Å². The first-order chi connectivity index (χ1) is 7.50. The number of rotatable bonds is 1. The molecule has 84 valence electrons. The molecule has 0 saturated carbocycles. The highest BCUT2D eigenvalue weighted by molar-refractivity contribution is 5.73. The van der Waals surface area contributed by atoms with Gasteiger partial charge >= 0.3 is 0 Å². The zero-order chi connectivity index (χ0) is 11.9. The molecular formula is C10H8F3N3. The Morgan fingerprint density at radius 3 is 2.25 bits per heavy atom. The molecule has 2 N–H and O–H groups in total. The van der Waals surface area contributed by atoms with Gasteiger partial charge in [0.2, 0.25) is 0 Å². The number of hydrogen-bond acceptors (Lipinski definition) is 2. The topological polar surface area (TPSA) is 43.8 Å². The molecule has 0 saturated heterocycles. The van der Waals surface area contributed by atoms with Crippen LogP contribution in [0.25, 0.3) is 11.1 Å². The highest BCUT2D eigenvalue weighted by Crippen LogP contribution is 2.29. The smallest absolute Gasteiger partial charge is 0.161 e. The molecule has 1 heterocycles. The molecule has 0 bridgehead atoms. The molecule has 0 aliphatic carbocycles. The number of nitrogens with two attached hydrogens (primary N) is 1. The van der Waals surface area contributed by atoms with E-state index in [0.717, 1.165) is 6.07 Å². The van der Waals surface area contributed by atoms with Gasteiger partial charge in [0.25, 0.3) is 0 Å². The molecule has 1 aromatic heterocycles. The monoisotopic (exact) mass is 227 g/mol. The normalized spacial score (nSPS) is 10.8. The third-order valence-corrected chi connectivity index (χ3v) is 2.28. The van der Waals surface area contributed by atoms with Crippen molar-refractivity contribution in [3.05, 3.63) is 35.8 Å². The van der Waals surface area contributed by atoms with Crippen LogP contribution in [0.1, 0.15) is 0 Å². The summed E-state index contributed by atoms with van der Waals surface area (Å²) < 4.78 is 40.4. The number of aromatic nitrogens is 2. The minimum atomic E-state index is -1.23. The van der Waals surface area contributed by atoms with Crippen molar-refractivity contribution in [2.45, 2.75) is 0 Å². The Morgan fingerprint density at radius 2 is 1.69 bits per heavy atom. The van der Waals surface area contributed by atoms with Gasteiger partial charge in [-0.05, 0) is 6.07 Å². The predicted molar refractivity (Wildman–Crippen MR) is 52.9 cm³/mol. The fourth-order valence-electron chi connectivity index (χ4n) is 1.38. The van der Waals surface area contributed by atoms with Crippen LogP contribution in [0.4, 0.5) is 19.0 Å². The predicted octanol–water partition coefficient (Wildman–Crippen LogP) is 2.09. The van der Waals surface area contributed by atoms with Gasteiger partial charge in [0.15, 0.2) is 11.6 Å². The lowest BCUT2D eigenvalue weighted by Crippen LogP contribution is -1.99. The molecule has 16 heavy (non-hydrogen) atoms. The summed E-state index contributed by atoms with van der Waals surface area (Å²) in [5.41, 5.74) is 5.74. The Hall–Kier alpha value is -1.98. The lowest BCUT2D eigenvalue weighted by molar-refractivity contribution is 0.496. The molecular weight excluding hydrogens is 219 g/mol. The summed E-state index contributed by atoms with van der Waals surface area (Å²) in [7, 11) is 1.57. The van der Waals surface area contributed by atoms with Crippen LogP contribution in [0.15, 0.2) is 18.3 Å². The van der Waals surface area contributed by atoms with E-state index < -0.39 is 17.5 Å². The molecule has 0 fully saturated rings. The van der Waals surface area contributed by atoms with E-state index in [1.807, 2.05) is 0 Å². The Balaban J connectivity index is 2.65.